The molecule has 1 aliphatic rings. The molecule has 1 saturated carbocycles. The number of methoxy groups -OCH3 is 1. The van der Waals surface area contributed by atoms with Crippen LogP contribution in [0.25, 0.3) is 32.7 Å². The Bertz CT molecular complexity index is 2840. The quantitative estimate of drug-likeness (QED) is 0.0859. The molecular formula is C46H38F2N4O7. The lowest BCUT2D eigenvalue weighted by molar-refractivity contribution is -0.131. The third kappa shape index (κ3) is 7.66. The highest BCUT2D eigenvalue weighted by molar-refractivity contribution is 6.17. The summed E-state index contributed by atoms with van der Waals surface area (Å²) in [6.07, 6.45) is 0.616. The Balaban J connectivity index is 1.06. The van der Waals surface area contributed by atoms with Crippen molar-refractivity contribution in [2.24, 2.45) is 5.41 Å². The van der Waals surface area contributed by atoms with E-state index in [0.717, 1.165) is 11.5 Å². The molecule has 5 aromatic carbocycles. The van der Waals surface area contributed by atoms with Gasteiger partial charge in [-0.3, -0.25) is 14.6 Å². The predicted octanol–water partition coefficient (Wildman–Crippen LogP) is 9.95. The van der Waals surface area contributed by atoms with Crippen LogP contribution < -0.4 is 24.8 Å². The Hall–Kier alpha value is -7.15. The molecule has 59 heavy (non-hydrogen) atoms. The predicted molar refractivity (Wildman–Crippen MR) is 219 cm³/mol. The minimum Gasteiger partial charge on any atom is -0.493 e. The van der Waals surface area contributed by atoms with Gasteiger partial charge in [-0.05, 0) is 73.5 Å². The van der Waals surface area contributed by atoms with Gasteiger partial charge in [0.15, 0.2) is 23.1 Å². The van der Waals surface area contributed by atoms with Gasteiger partial charge in [-0.2, -0.15) is 0 Å². The average Bonchev–Trinajstić information content (AvgIpc) is 4.03. The third-order valence-corrected chi connectivity index (χ3v) is 10.3. The molecule has 13 heteroatoms. The zero-order valence-electron chi connectivity index (χ0n) is 32.5. The van der Waals surface area contributed by atoms with Crippen LogP contribution in [0.1, 0.15) is 55.2 Å². The lowest BCUT2D eigenvalue weighted by atomic mass is 9.91. The molecule has 0 unspecified atom stereocenters. The summed E-state index contributed by atoms with van der Waals surface area (Å²) in [6, 6.07) is 26.9. The summed E-state index contributed by atoms with van der Waals surface area (Å²) < 4.78 is 47.4. The van der Waals surface area contributed by atoms with Gasteiger partial charge in [0.05, 0.1) is 34.9 Å². The molecule has 2 amide bonds. The number of nitrogens with one attached hydrogen (secondary N) is 2. The van der Waals surface area contributed by atoms with E-state index in [-0.39, 0.29) is 23.6 Å². The molecule has 0 bridgehead atoms. The monoisotopic (exact) mass is 796 g/mol. The number of para-hydroxylation sites is 1. The zero-order valence-corrected chi connectivity index (χ0v) is 32.5. The number of carbonyl (C=O) groups is 3. The van der Waals surface area contributed by atoms with Gasteiger partial charge in [0, 0.05) is 56.7 Å². The maximum atomic E-state index is 15.8. The number of carbonyl (C=O) groups excluding carboxylic acids is 2. The summed E-state index contributed by atoms with van der Waals surface area (Å²) in [5.74, 6) is -2.53. The van der Waals surface area contributed by atoms with E-state index in [1.165, 1.54) is 49.6 Å². The molecule has 3 N–H and O–H groups in total. The number of carboxylic acids is 1. The fourth-order valence-electron chi connectivity index (χ4n) is 6.82. The van der Waals surface area contributed by atoms with Crippen LogP contribution in [0, 0.1) is 17.0 Å². The number of aromatic nitrogens is 2. The summed E-state index contributed by atoms with van der Waals surface area (Å²) in [7, 11) is 1.49. The van der Waals surface area contributed by atoms with Crippen molar-refractivity contribution in [3.63, 3.8) is 0 Å². The minimum absolute atomic E-state index is 0.0278. The molecule has 8 rings (SSSR count). The number of nitrogens with zero attached hydrogens (tertiary/aromatic N) is 2. The SMILES string of the molecule is COc1cc2c(Oc3ccc(NC(=O)C4(C(=O)Nc5ccc(F)cc5)CC4)cc3F)cc(C(C)(C)C)nc2cc1OCc1ccc(C(=O)O)c2cc3ccccc3nc12. The van der Waals surface area contributed by atoms with E-state index in [9.17, 15) is 23.9 Å². The van der Waals surface area contributed by atoms with Crippen molar-refractivity contribution in [3.05, 3.63) is 132 Å². The van der Waals surface area contributed by atoms with Crippen molar-refractivity contribution in [2.45, 2.75) is 45.6 Å². The number of carboxylic acid groups (broad SMARTS) is 1. The summed E-state index contributed by atoms with van der Waals surface area (Å²) in [5.41, 5.74) is 1.85. The Kier molecular flexibility index (Phi) is 9.83. The Morgan fingerprint density at radius 3 is 2.14 bits per heavy atom. The summed E-state index contributed by atoms with van der Waals surface area (Å²) in [6.45, 7) is 5.98. The summed E-state index contributed by atoms with van der Waals surface area (Å²) in [4.78, 5) is 48.1. The van der Waals surface area contributed by atoms with Crippen molar-refractivity contribution < 1.29 is 42.5 Å². The van der Waals surface area contributed by atoms with E-state index in [2.05, 4.69) is 10.6 Å². The lowest BCUT2D eigenvalue weighted by Gasteiger charge is -2.21. The smallest absolute Gasteiger partial charge is 0.336 e. The van der Waals surface area contributed by atoms with Crippen molar-refractivity contribution in [2.75, 3.05) is 17.7 Å². The molecule has 0 saturated heterocycles. The molecule has 0 radical (unpaired) electrons. The van der Waals surface area contributed by atoms with Gasteiger partial charge >= 0.3 is 5.97 Å². The standard InChI is InChI=1S/C46H38F2N4O7/c1-45(2,3)40-23-37(59-36-16-14-29(20-33(36)48)50-44(56)46(17-18-46)43(55)49-28-12-10-27(47)11-13-28)32-21-38(57-4)39(22-35(32)51-40)58-24-26-9-15-30(42(53)54)31-19-25-7-5-6-8-34(25)52-41(26)31/h5-16,19-23H,17-18,24H2,1-4H3,(H,49,55)(H,50,56)(H,53,54). The Labute approximate surface area is 337 Å². The number of halogens is 2. The summed E-state index contributed by atoms with van der Waals surface area (Å²) in [5, 5.41) is 17.0. The van der Waals surface area contributed by atoms with Crippen LogP contribution in [-0.4, -0.2) is 40.0 Å². The van der Waals surface area contributed by atoms with Crippen molar-refractivity contribution >= 4 is 61.9 Å². The molecule has 0 spiro atoms. The zero-order chi connectivity index (χ0) is 41.6. The van der Waals surface area contributed by atoms with Gasteiger partial charge in [0.25, 0.3) is 0 Å². The first kappa shape index (κ1) is 38.7. The average molecular weight is 797 g/mol. The number of hydrogen-bond donors (Lipinski definition) is 3. The maximum Gasteiger partial charge on any atom is 0.336 e. The molecule has 298 valence electrons. The lowest BCUT2D eigenvalue weighted by Crippen LogP contribution is -2.35. The normalized spacial score (nSPS) is 13.3. The number of fused-ring (bicyclic) bond motifs is 3. The van der Waals surface area contributed by atoms with Gasteiger partial charge in [-0.15, -0.1) is 0 Å². The maximum absolute atomic E-state index is 15.8. The van der Waals surface area contributed by atoms with Crippen LogP contribution in [0.5, 0.6) is 23.0 Å². The van der Waals surface area contributed by atoms with Crippen LogP contribution in [-0.2, 0) is 21.6 Å². The molecule has 0 atom stereocenters. The van der Waals surface area contributed by atoms with Crippen LogP contribution >= 0.6 is 0 Å². The molecule has 1 fully saturated rings. The van der Waals surface area contributed by atoms with Gasteiger partial charge in [0.2, 0.25) is 11.8 Å². The highest BCUT2D eigenvalue weighted by Gasteiger charge is 2.56. The first-order valence-corrected chi connectivity index (χ1v) is 18.8. The molecule has 2 heterocycles. The van der Waals surface area contributed by atoms with Crippen LogP contribution in [0.15, 0.2) is 103 Å². The van der Waals surface area contributed by atoms with Gasteiger partial charge in [-0.1, -0.05) is 45.0 Å². The van der Waals surface area contributed by atoms with Gasteiger partial charge in [-0.25, -0.2) is 18.6 Å². The number of rotatable bonds is 11. The third-order valence-electron chi connectivity index (χ3n) is 10.3. The van der Waals surface area contributed by atoms with Gasteiger partial charge < -0.3 is 30.0 Å². The fraction of sp³-hybridized carbons (Fsp3) is 0.196. The second-order valence-corrected chi connectivity index (χ2v) is 15.5. The number of anilines is 2. The second kappa shape index (κ2) is 15.0. The van der Waals surface area contributed by atoms with Crippen LogP contribution in [0.2, 0.25) is 0 Å². The first-order chi connectivity index (χ1) is 28.2. The molecular weight excluding hydrogens is 759 g/mol. The molecule has 2 aromatic heterocycles. The van der Waals surface area contributed by atoms with Gasteiger partial charge in [0.1, 0.15) is 23.6 Å². The number of aromatic carboxylic acids is 1. The molecule has 0 aliphatic heterocycles. The summed E-state index contributed by atoms with van der Waals surface area (Å²) >= 11 is 0. The van der Waals surface area contributed by atoms with Crippen molar-refractivity contribution in [3.8, 4) is 23.0 Å². The highest BCUT2D eigenvalue weighted by Crippen LogP contribution is 2.48. The highest BCUT2D eigenvalue weighted by atomic mass is 19.1. The molecule has 7 aromatic rings. The minimum atomic E-state index is -1.33. The Morgan fingerprint density at radius 2 is 1.46 bits per heavy atom. The van der Waals surface area contributed by atoms with E-state index < -0.39 is 40.2 Å². The number of hydrogen-bond acceptors (Lipinski definition) is 8. The second-order valence-electron chi connectivity index (χ2n) is 15.5. The van der Waals surface area contributed by atoms with Crippen molar-refractivity contribution in [1.29, 1.82) is 0 Å². The van der Waals surface area contributed by atoms with E-state index in [0.29, 0.717) is 74.4 Å². The van der Waals surface area contributed by atoms with E-state index in [4.69, 9.17) is 24.2 Å². The Morgan fingerprint density at radius 1 is 0.746 bits per heavy atom. The van der Waals surface area contributed by atoms with Crippen LogP contribution in [0.3, 0.4) is 0 Å². The number of ether oxygens (including phenoxy) is 3. The topological polar surface area (TPSA) is 149 Å². The number of pyridine rings is 2. The van der Waals surface area contributed by atoms with E-state index in [1.54, 1.807) is 24.3 Å². The molecule has 11 nitrogen and oxygen atoms in total. The fourth-order valence-corrected chi connectivity index (χ4v) is 6.82. The van der Waals surface area contributed by atoms with E-state index in [1.807, 2.05) is 51.1 Å². The van der Waals surface area contributed by atoms with Crippen molar-refractivity contribution in [1.82, 2.24) is 9.97 Å². The van der Waals surface area contributed by atoms with Crippen LogP contribution in [0.4, 0.5) is 20.2 Å². The largest absolute Gasteiger partial charge is 0.493 e. The number of benzene rings is 5. The number of amides is 2. The molecule has 1 aliphatic carbocycles. The van der Waals surface area contributed by atoms with E-state index >= 15 is 4.39 Å². The first-order valence-electron chi connectivity index (χ1n) is 18.8.